The quantitative estimate of drug-likeness (QED) is 0.795. The monoisotopic (exact) mass is 213 g/mol. The highest BCUT2D eigenvalue weighted by Gasteiger charge is 2.04. The van der Waals surface area contributed by atoms with Crippen LogP contribution >= 0.6 is 11.6 Å². The predicted octanol–water partition coefficient (Wildman–Crippen LogP) is 1.41. The highest BCUT2D eigenvalue weighted by atomic mass is 35.5. The Morgan fingerprint density at radius 2 is 2.43 bits per heavy atom. The molecule has 76 valence electrons. The van der Waals surface area contributed by atoms with Crippen molar-refractivity contribution in [1.29, 1.82) is 0 Å². The maximum absolute atomic E-state index is 11.3. The standard InChI is InChI=1S/C9H12ClN3O/c10-7-3-5-12-6-8(7)13-9(14)2-1-4-11/h3,5-6H,1-2,4,11H2,(H,13,14). The van der Waals surface area contributed by atoms with Crippen molar-refractivity contribution in [3.63, 3.8) is 0 Å². The van der Waals surface area contributed by atoms with Crippen LogP contribution in [0.4, 0.5) is 5.69 Å². The van der Waals surface area contributed by atoms with Crippen molar-refractivity contribution >= 4 is 23.2 Å². The lowest BCUT2D eigenvalue weighted by atomic mass is 10.3. The first-order chi connectivity index (χ1) is 6.74. The molecule has 0 saturated carbocycles. The lowest BCUT2D eigenvalue weighted by Crippen LogP contribution is -2.13. The number of nitrogens with two attached hydrogens (primary N) is 1. The Bertz CT molecular complexity index is 317. The average molecular weight is 214 g/mol. The van der Waals surface area contributed by atoms with E-state index in [1.807, 2.05) is 0 Å². The SMILES string of the molecule is NCCCC(=O)Nc1cnccc1Cl. The Hall–Kier alpha value is -1.13. The van der Waals surface area contributed by atoms with Crippen LogP contribution in [0.5, 0.6) is 0 Å². The van der Waals surface area contributed by atoms with Gasteiger partial charge in [0, 0.05) is 12.6 Å². The van der Waals surface area contributed by atoms with Crippen LogP contribution in [0.25, 0.3) is 0 Å². The first kappa shape index (κ1) is 10.9. The average Bonchev–Trinajstić information content (AvgIpc) is 2.18. The van der Waals surface area contributed by atoms with Crippen LogP contribution in [0, 0.1) is 0 Å². The topological polar surface area (TPSA) is 68.0 Å². The minimum atomic E-state index is -0.0923. The Labute approximate surface area is 87.5 Å². The fourth-order valence-electron chi connectivity index (χ4n) is 0.945. The number of anilines is 1. The van der Waals surface area contributed by atoms with Crippen LogP contribution in [0.3, 0.4) is 0 Å². The molecule has 0 aromatic carbocycles. The lowest BCUT2D eigenvalue weighted by Gasteiger charge is -2.05. The van der Waals surface area contributed by atoms with Crippen LogP contribution in [-0.2, 0) is 4.79 Å². The third-order valence-electron chi connectivity index (χ3n) is 1.65. The van der Waals surface area contributed by atoms with E-state index in [-0.39, 0.29) is 5.91 Å². The summed E-state index contributed by atoms with van der Waals surface area (Å²) < 4.78 is 0. The van der Waals surface area contributed by atoms with Crippen molar-refractivity contribution in [1.82, 2.24) is 4.98 Å². The number of hydrogen-bond donors (Lipinski definition) is 2. The predicted molar refractivity (Wildman–Crippen MR) is 56.2 cm³/mol. The minimum absolute atomic E-state index is 0.0923. The molecule has 1 heterocycles. The summed E-state index contributed by atoms with van der Waals surface area (Å²) in [5, 5.41) is 3.14. The molecule has 0 bridgehead atoms. The van der Waals surface area contributed by atoms with Gasteiger partial charge in [0.2, 0.25) is 5.91 Å². The van der Waals surface area contributed by atoms with Gasteiger partial charge in [0.1, 0.15) is 0 Å². The van der Waals surface area contributed by atoms with Gasteiger partial charge in [-0.05, 0) is 19.0 Å². The van der Waals surface area contributed by atoms with Crippen LogP contribution < -0.4 is 11.1 Å². The van der Waals surface area contributed by atoms with Gasteiger partial charge in [0.25, 0.3) is 0 Å². The van der Waals surface area contributed by atoms with E-state index in [0.717, 1.165) is 0 Å². The van der Waals surface area contributed by atoms with Crippen LogP contribution in [0.1, 0.15) is 12.8 Å². The van der Waals surface area contributed by atoms with E-state index in [1.54, 1.807) is 12.3 Å². The molecule has 0 saturated heterocycles. The maximum Gasteiger partial charge on any atom is 0.224 e. The molecule has 0 fully saturated rings. The normalized spacial score (nSPS) is 9.86. The number of carbonyl (C=O) groups excluding carboxylic acids is 1. The number of aromatic nitrogens is 1. The molecular weight excluding hydrogens is 202 g/mol. The number of nitrogens with one attached hydrogen (secondary N) is 1. The molecule has 0 radical (unpaired) electrons. The fraction of sp³-hybridized carbons (Fsp3) is 0.333. The third kappa shape index (κ3) is 3.32. The summed E-state index contributed by atoms with van der Waals surface area (Å²) >= 11 is 5.82. The number of halogens is 1. The van der Waals surface area contributed by atoms with E-state index < -0.39 is 0 Å². The van der Waals surface area contributed by atoms with E-state index >= 15 is 0 Å². The van der Waals surface area contributed by atoms with Gasteiger partial charge in [-0.2, -0.15) is 0 Å². The van der Waals surface area contributed by atoms with Crippen molar-refractivity contribution in [2.45, 2.75) is 12.8 Å². The second-order valence-electron chi connectivity index (χ2n) is 2.80. The van der Waals surface area contributed by atoms with E-state index in [1.165, 1.54) is 6.20 Å². The number of nitrogens with zero attached hydrogens (tertiary/aromatic N) is 1. The molecule has 0 spiro atoms. The second-order valence-corrected chi connectivity index (χ2v) is 3.20. The van der Waals surface area contributed by atoms with E-state index in [0.29, 0.717) is 30.1 Å². The molecule has 3 N–H and O–H groups in total. The number of hydrogen-bond acceptors (Lipinski definition) is 3. The van der Waals surface area contributed by atoms with Gasteiger partial charge in [-0.1, -0.05) is 11.6 Å². The molecule has 0 atom stereocenters. The van der Waals surface area contributed by atoms with Crippen LogP contribution in [0.15, 0.2) is 18.5 Å². The number of pyridine rings is 1. The summed E-state index contributed by atoms with van der Waals surface area (Å²) in [5.74, 6) is -0.0923. The zero-order chi connectivity index (χ0) is 10.4. The summed E-state index contributed by atoms with van der Waals surface area (Å²) in [6, 6.07) is 1.63. The molecule has 1 aromatic heterocycles. The summed E-state index contributed by atoms with van der Waals surface area (Å²) in [5.41, 5.74) is 5.82. The van der Waals surface area contributed by atoms with E-state index in [4.69, 9.17) is 17.3 Å². The van der Waals surface area contributed by atoms with Crippen molar-refractivity contribution in [2.75, 3.05) is 11.9 Å². The number of rotatable bonds is 4. The molecule has 14 heavy (non-hydrogen) atoms. The zero-order valence-corrected chi connectivity index (χ0v) is 8.42. The van der Waals surface area contributed by atoms with Gasteiger partial charge in [-0.25, -0.2) is 0 Å². The summed E-state index contributed by atoms with van der Waals surface area (Å²) in [4.78, 5) is 15.1. The highest BCUT2D eigenvalue weighted by Crippen LogP contribution is 2.19. The van der Waals surface area contributed by atoms with E-state index in [9.17, 15) is 4.79 Å². The fourth-order valence-corrected chi connectivity index (χ4v) is 1.10. The molecule has 0 aliphatic heterocycles. The molecule has 4 nitrogen and oxygen atoms in total. The Morgan fingerprint density at radius 1 is 1.64 bits per heavy atom. The first-order valence-electron chi connectivity index (χ1n) is 4.33. The largest absolute Gasteiger partial charge is 0.330 e. The summed E-state index contributed by atoms with van der Waals surface area (Å²) in [7, 11) is 0. The first-order valence-corrected chi connectivity index (χ1v) is 4.71. The minimum Gasteiger partial charge on any atom is -0.330 e. The Morgan fingerprint density at radius 3 is 3.07 bits per heavy atom. The molecule has 0 aliphatic rings. The van der Waals surface area contributed by atoms with Crippen LogP contribution in [0.2, 0.25) is 5.02 Å². The lowest BCUT2D eigenvalue weighted by molar-refractivity contribution is -0.116. The molecule has 0 aliphatic carbocycles. The van der Waals surface area contributed by atoms with Gasteiger partial charge in [0.15, 0.2) is 0 Å². The van der Waals surface area contributed by atoms with Gasteiger partial charge in [-0.15, -0.1) is 0 Å². The molecule has 5 heteroatoms. The van der Waals surface area contributed by atoms with Crippen molar-refractivity contribution < 1.29 is 4.79 Å². The number of carbonyl (C=O) groups is 1. The molecule has 1 amide bonds. The number of amides is 1. The van der Waals surface area contributed by atoms with Gasteiger partial charge in [0.05, 0.1) is 16.9 Å². The maximum atomic E-state index is 11.3. The highest BCUT2D eigenvalue weighted by molar-refractivity contribution is 6.33. The molecule has 1 aromatic rings. The van der Waals surface area contributed by atoms with Gasteiger partial charge >= 0.3 is 0 Å². The molecule has 0 unspecified atom stereocenters. The Kier molecular flexibility index (Phi) is 4.35. The van der Waals surface area contributed by atoms with Gasteiger partial charge < -0.3 is 11.1 Å². The summed E-state index contributed by atoms with van der Waals surface area (Å²) in [6.07, 6.45) is 4.16. The third-order valence-corrected chi connectivity index (χ3v) is 1.98. The van der Waals surface area contributed by atoms with Gasteiger partial charge in [-0.3, -0.25) is 9.78 Å². The summed E-state index contributed by atoms with van der Waals surface area (Å²) in [6.45, 7) is 0.508. The second kappa shape index (κ2) is 5.57. The smallest absolute Gasteiger partial charge is 0.224 e. The molecule has 1 rings (SSSR count). The van der Waals surface area contributed by atoms with Crippen LogP contribution in [-0.4, -0.2) is 17.4 Å². The van der Waals surface area contributed by atoms with Crippen molar-refractivity contribution in [3.8, 4) is 0 Å². The van der Waals surface area contributed by atoms with Crippen molar-refractivity contribution in [2.24, 2.45) is 5.73 Å². The molecular formula is C9H12ClN3O. The Balaban J connectivity index is 2.52. The van der Waals surface area contributed by atoms with Crippen molar-refractivity contribution in [3.05, 3.63) is 23.5 Å². The zero-order valence-electron chi connectivity index (χ0n) is 7.66. The van der Waals surface area contributed by atoms with E-state index in [2.05, 4.69) is 10.3 Å².